The minimum absolute atomic E-state index is 0.103. The maximum Gasteiger partial charge on any atom is 0.182 e. The Bertz CT molecular complexity index is 1390. The van der Waals surface area contributed by atoms with Crippen LogP contribution in [0.2, 0.25) is 0 Å². The molecule has 6 rings (SSSR count). The number of benzene rings is 3. The van der Waals surface area contributed by atoms with E-state index in [1.54, 1.807) is 18.2 Å². The molecule has 0 bridgehead atoms. The highest BCUT2D eigenvalue weighted by Crippen LogP contribution is 2.61. The fourth-order valence-electron chi connectivity index (χ4n) is 6.28. The molecule has 0 spiro atoms. The second kappa shape index (κ2) is 8.36. The number of hydrogen-bond acceptors (Lipinski definition) is 3. The summed E-state index contributed by atoms with van der Waals surface area (Å²) in [4.78, 5) is 7.33. The molecule has 0 amide bonds. The van der Waals surface area contributed by atoms with Crippen molar-refractivity contribution in [2.24, 2.45) is 10.4 Å². The highest BCUT2D eigenvalue weighted by molar-refractivity contribution is 6.11. The molecule has 0 unspecified atom stereocenters. The van der Waals surface area contributed by atoms with Gasteiger partial charge in [-0.25, -0.2) is 4.39 Å². The molecule has 3 aromatic carbocycles. The zero-order valence-electron chi connectivity index (χ0n) is 19.4. The van der Waals surface area contributed by atoms with Crippen LogP contribution in [0, 0.1) is 33.9 Å². The van der Waals surface area contributed by atoms with Crippen molar-refractivity contribution < 1.29 is 4.39 Å². The molecule has 1 saturated heterocycles. The summed E-state index contributed by atoms with van der Waals surface area (Å²) in [7, 11) is 0. The van der Waals surface area contributed by atoms with E-state index >= 15 is 4.39 Å². The van der Waals surface area contributed by atoms with Crippen LogP contribution in [0.15, 0.2) is 77.8 Å². The average molecular weight is 461 g/mol. The van der Waals surface area contributed by atoms with Gasteiger partial charge in [-0.15, -0.1) is 0 Å². The van der Waals surface area contributed by atoms with E-state index in [4.69, 9.17) is 4.99 Å². The van der Waals surface area contributed by atoms with Gasteiger partial charge in [-0.1, -0.05) is 79.9 Å². The Labute approximate surface area is 205 Å². The Morgan fingerprint density at radius 3 is 2.14 bits per heavy atom. The van der Waals surface area contributed by atoms with Crippen molar-refractivity contribution in [2.45, 2.75) is 50.1 Å². The number of para-hydroxylation sites is 1. The van der Waals surface area contributed by atoms with Gasteiger partial charge in [-0.05, 0) is 36.1 Å². The molecule has 0 aromatic heterocycles. The Balaban J connectivity index is 1.69. The number of amidine groups is 1. The molecule has 0 N–H and O–H groups in total. The molecule has 2 fully saturated rings. The minimum atomic E-state index is -1.54. The van der Waals surface area contributed by atoms with Crippen LogP contribution in [0.5, 0.6) is 0 Å². The van der Waals surface area contributed by atoms with Crippen LogP contribution in [0.1, 0.15) is 55.2 Å². The first-order valence-electron chi connectivity index (χ1n) is 12.3. The van der Waals surface area contributed by atoms with E-state index < -0.39 is 23.2 Å². The van der Waals surface area contributed by atoms with Crippen LogP contribution in [-0.2, 0) is 0 Å². The molecule has 3 aliphatic rings. The smallest absolute Gasteiger partial charge is 0.182 e. The Morgan fingerprint density at radius 2 is 1.43 bits per heavy atom. The van der Waals surface area contributed by atoms with Gasteiger partial charge < -0.3 is 4.90 Å². The van der Waals surface area contributed by atoms with Gasteiger partial charge in [0.25, 0.3) is 0 Å². The molecule has 3 aromatic rings. The third-order valence-electron chi connectivity index (χ3n) is 7.83. The lowest BCUT2D eigenvalue weighted by Gasteiger charge is -2.38. The van der Waals surface area contributed by atoms with E-state index in [0.29, 0.717) is 11.4 Å². The number of halogens is 1. The van der Waals surface area contributed by atoms with Gasteiger partial charge in [-0.3, -0.25) is 4.99 Å². The number of nitrogens with zero attached hydrogens (tertiary/aromatic N) is 4. The summed E-state index contributed by atoms with van der Waals surface area (Å²) in [6.07, 6.45) is 5.35. The molecule has 1 saturated carbocycles. The zero-order valence-corrected chi connectivity index (χ0v) is 19.4. The Morgan fingerprint density at radius 1 is 0.800 bits per heavy atom. The van der Waals surface area contributed by atoms with Gasteiger partial charge in [0.2, 0.25) is 0 Å². The van der Waals surface area contributed by atoms with E-state index in [9.17, 15) is 10.5 Å². The van der Waals surface area contributed by atoms with E-state index in [0.717, 1.165) is 48.1 Å². The van der Waals surface area contributed by atoms with Crippen LogP contribution in [0.3, 0.4) is 0 Å². The summed E-state index contributed by atoms with van der Waals surface area (Å²) in [5, 5.41) is 21.4. The predicted octanol–water partition coefficient (Wildman–Crippen LogP) is 6.92. The number of nitriles is 2. The lowest BCUT2D eigenvalue weighted by atomic mass is 9.68. The first-order chi connectivity index (χ1) is 17.2. The summed E-state index contributed by atoms with van der Waals surface area (Å²) >= 11 is 0. The van der Waals surface area contributed by atoms with Crippen molar-refractivity contribution in [3.8, 4) is 23.3 Å². The molecule has 5 heteroatoms. The fourth-order valence-corrected chi connectivity index (χ4v) is 6.28. The van der Waals surface area contributed by atoms with Crippen LogP contribution < -0.4 is 4.90 Å². The SMILES string of the molecule is N#CC1(C#N)[C@@H]2c3ccccc3-c3ccccc3N2C(=NC2CCCCC2)[C@H]1c1ccccc1F. The average Bonchev–Trinajstić information content (AvgIpc) is 3.20. The highest BCUT2D eigenvalue weighted by atomic mass is 19.1. The number of hydrogen-bond donors (Lipinski definition) is 0. The third-order valence-corrected chi connectivity index (χ3v) is 7.83. The van der Waals surface area contributed by atoms with Crippen molar-refractivity contribution in [3.63, 3.8) is 0 Å². The molecule has 4 nitrogen and oxygen atoms in total. The predicted molar refractivity (Wildman–Crippen MR) is 134 cm³/mol. The Hall–Kier alpha value is -3.96. The molecule has 0 radical (unpaired) electrons. The quantitative estimate of drug-likeness (QED) is 0.417. The van der Waals surface area contributed by atoms with Crippen molar-refractivity contribution >= 4 is 11.5 Å². The molecule has 35 heavy (non-hydrogen) atoms. The van der Waals surface area contributed by atoms with Crippen LogP contribution >= 0.6 is 0 Å². The molecule has 2 atom stereocenters. The Kier molecular flexibility index (Phi) is 5.15. The van der Waals surface area contributed by atoms with Gasteiger partial charge >= 0.3 is 0 Å². The number of fused-ring (bicyclic) bond motifs is 6. The summed E-state index contributed by atoms with van der Waals surface area (Å²) in [6, 6.07) is 26.8. The first-order valence-corrected chi connectivity index (χ1v) is 12.3. The van der Waals surface area contributed by atoms with Gasteiger partial charge in [0.1, 0.15) is 11.7 Å². The van der Waals surface area contributed by atoms with E-state index in [1.165, 1.54) is 12.5 Å². The van der Waals surface area contributed by atoms with Crippen molar-refractivity contribution in [1.82, 2.24) is 0 Å². The molecular formula is C30H25FN4. The largest absolute Gasteiger partial charge is 0.319 e. The first kappa shape index (κ1) is 21.6. The monoisotopic (exact) mass is 460 g/mol. The summed E-state index contributed by atoms with van der Waals surface area (Å²) in [5.74, 6) is -0.577. The lowest BCUT2D eigenvalue weighted by molar-refractivity contribution is 0.426. The molecule has 2 heterocycles. The van der Waals surface area contributed by atoms with Crippen molar-refractivity contribution in [2.75, 3.05) is 4.90 Å². The van der Waals surface area contributed by atoms with Crippen molar-refractivity contribution in [3.05, 3.63) is 89.7 Å². The number of aliphatic imine (C=N–C) groups is 1. The maximum atomic E-state index is 15.4. The minimum Gasteiger partial charge on any atom is -0.319 e. The molecule has 172 valence electrons. The van der Waals surface area contributed by atoms with Gasteiger partial charge in [0, 0.05) is 11.1 Å². The maximum absolute atomic E-state index is 15.4. The lowest BCUT2D eigenvalue weighted by Crippen LogP contribution is -2.35. The second-order valence-corrected chi connectivity index (χ2v) is 9.70. The highest BCUT2D eigenvalue weighted by Gasteiger charge is 2.63. The molecular weight excluding hydrogens is 435 g/mol. The van der Waals surface area contributed by atoms with E-state index in [1.807, 2.05) is 42.5 Å². The van der Waals surface area contributed by atoms with Crippen LogP contribution in [0.4, 0.5) is 10.1 Å². The van der Waals surface area contributed by atoms with Crippen LogP contribution in [0.25, 0.3) is 11.1 Å². The zero-order chi connectivity index (χ0) is 24.0. The number of rotatable bonds is 2. The summed E-state index contributed by atoms with van der Waals surface area (Å²) in [5.41, 5.74) is 2.68. The molecule has 2 aliphatic heterocycles. The second-order valence-electron chi connectivity index (χ2n) is 9.70. The normalized spacial score (nSPS) is 23.6. The van der Waals surface area contributed by atoms with Crippen LogP contribution in [-0.4, -0.2) is 11.9 Å². The third kappa shape index (κ3) is 3.12. The van der Waals surface area contributed by atoms with E-state index in [-0.39, 0.29) is 6.04 Å². The van der Waals surface area contributed by atoms with Crippen molar-refractivity contribution in [1.29, 1.82) is 10.5 Å². The standard InChI is InChI=1S/C30H25FN4/c31-25-16-8-6-15-24(25)27-29(34-20-10-2-1-3-11-20)35-26-17-9-7-13-22(26)21-12-4-5-14-23(21)28(35)30(27,18-32)19-33/h4-9,12-17,20,27-28H,1-3,10-11H2/t27-,28+/m1/s1. The summed E-state index contributed by atoms with van der Waals surface area (Å²) in [6.45, 7) is 0. The van der Waals surface area contributed by atoms with E-state index in [2.05, 4.69) is 23.1 Å². The number of anilines is 1. The molecule has 1 aliphatic carbocycles. The van der Waals surface area contributed by atoms with Gasteiger partial charge in [0.05, 0.1) is 35.8 Å². The topological polar surface area (TPSA) is 63.2 Å². The fraction of sp³-hybridized carbons (Fsp3) is 0.300. The van der Waals surface area contributed by atoms with Gasteiger partial charge in [-0.2, -0.15) is 10.5 Å². The summed E-state index contributed by atoms with van der Waals surface area (Å²) < 4.78 is 15.4. The van der Waals surface area contributed by atoms with Gasteiger partial charge in [0.15, 0.2) is 5.41 Å².